The number of aliphatic hydroxyl groups excluding tert-OH is 3. The summed E-state index contributed by atoms with van der Waals surface area (Å²) in [6.07, 6.45) is 5.08. The summed E-state index contributed by atoms with van der Waals surface area (Å²) in [5.41, 5.74) is 6.50. The van der Waals surface area contributed by atoms with E-state index in [2.05, 4.69) is 32.1 Å². The van der Waals surface area contributed by atoms with Gasteiger partial charge in [-0.05, 0) is 37.7 Å². The van der Waals surface area contributed by atoms with E-state index in [0.717, 1.165) is 32.1 Å². The normalized spacial score (nSPS) is 27.9. The van der Waals surface area contributed by atoms with Gasteiger partial charge in [0, 0.05) is 0 Å². The number of nitrogens with zero attached hydrogens (tertiary/aromatic N) is 4. The molecule has 182 valence electrons. The monoisotopic (exact) mass is 472 g/mol. The van der Waals surface area contributed by atoms with Gasteiger partial charge in [0.05, 0.1) is 19.5 Å². The Labute approximate surface area is 195 Å². The third-order valence-corrected chi connectivity index (χ3v) is 5.73. The van der Waals surface area contributed by atoms with Crippen molar-refractivity contribution < 1.29 is 29.6 Å². The lowest BCUT2D eigenvalue weighted by atomic mass is 10.0. The summed E-state index contributed by atoms with van der Waals surface area (Å²) in [6, 6.07) is 0. The lowest BCUT2D eigenvalue weighted by Crippen LogP contribution is -2.33. The van der Waals surface area contributed by atoms with Gasteiger partial charge in [0.15, 0.2) is 17.7 Å². The summed E-state index contributed by atoms with van der Waals surface area (Å²) in [4.78, 5) is 24.6. The minimum atomic E-state index is -1.30. The van der Waals surface area contributed by atoms with E-state index in [4.69, 9.17) is 15.2 Å². The van der Waals surface area contributed by atoms with Gasteiger partial charge < -0.3 is 35.8 Å². The molecule has 2 aromatic rings. The predicted molar refractivity (Wildman–Crippen MR) is 120 cm³/mol. The van der Waals surface area contributed by atoms with Gasteiger partial charge in [-0.25, -0.2) is 19.7 Å². The van der Waals surface area contributed by atoms with Crippen LogP contribution in [-0.2, 0) is 9.47 Å². The third kappa shape index (κ3) is 5.28. The van der Waals surface area contributed by atoms with E-state index in [9.17, 15) is 20.1 Å². The number of fused-ring (bicyclic) bond motifs is 1. The van der Waals surface area contributed by atoms with Crippen molar-refractivity contribution in [2.45, 2.75) is 62.7 Å². The number of hydrogen-bond acceptors (Lipinski definition) is 10. The molecular weight excluding hydrogens is 444 g/mol. The summed E-state index contributed by atoms with van der Waals surface area (Å²) in [7, 11) is 0. The van der Waals surface area contributed by atoms with E-state index in [-0.39, 0.29) is 35.5 Å². The number of amides is 1. The second kappa shape index (κ2) is 10.8. The number of nitrogens with one attached hydrogen (secondary N) is 1. The molecule has 1 amide bonds. The number of imidazole rings is 1. The second-order valence-corrected chi connectivity index (χ2v) is 8.15. The zero-order chi connectivity index (χ0) is 24.1. The molecule has 2 aromatic heterocycles. The average molecular weight is 473 g/mol. The number of carbonyl (C=O) groups excluding carboxylic acids is 1. The standard InChI is InChI=1S/C22H28N6O6/c23-19-16-20(28(12-25-16)21-18(31)17(30)14(11-29)34-21)27-15(26-19)9-6-10-24-22(32)33-13-7-4-2-1-3-5-8-13/h4,7,12-14,17-18,21,29-31H,1-3,5,8,10-11H2,(H,24,32)(H2,23,26,27)/b7-4+/t13?,14-,17?,18+,21-/m1/s1. The van der Waals surface area contributed by atoms with Crippen LogP contribution in [0.5, 0.6) is 0 Å². The van der Waals surface area contributed by atoms with Crippen LogP contribution in [-0.4, -0.2) is 78.5 Å². The molecular formula is C22H28N6O6. The Morgan fingerprint density at radius 2 is 2.15 bits per heavy atom. The van der Waals surface area contributed by atoms with E-state index in [1.807, 2.05) is 12.2 Å². The average Bonchev–Trinajstić information content (AvgIpc) is 3.34. The topological polar surface area (TPSA) is 178 Å². The highest BCUT2D eigenvalue weighted by atomic mass is 16.6. The Balaban J connectivity index is 1.42. The lowest BCUT2D eigenvalue weighted by molar-refractivity contribution is -0.0511. The fraction of sp³-hybridized carbons (Fsp3) is 0.545. The fourth-order valence-corrected chi connectivity index (χ4v) is 3.94. The Morgan fingerprint density at radius 1 is 1.29 bits per heavy atom. The highest BCUT2D eigenvalue weighted by molar-refractivity contribution is 5.82. The van der Waals surface area contributed by atoms with Crippen molar-refractivity contribution in [1.82, 2.24) is 24.8 Å². The quantitative estimate of drug-likeness (QED) is 0.300. The molecule has 1 fully saturated rings. The Morgan fingerprint density at radius 3 is 2.94 bits per heavy atom. The van der Waals surface area contributed by atoms with Gasteiger partial charge in [0.25, 0.3) is 0 Å². The number of allylic oxidation sites excluding steroid dienone is 1. The van der Waals surface area contributed by atoms with Crippen LogP contribution in [0.4, 0.5) is 10.6 Å². The van der Waals surface area contributed by atoms with Crippen LogP contribution in [0.25, 0.3) is 11.2 Å². The van der Waals surface area contributed by atoms with Crippen LogP contribution >= 0.6 is 0 Å². The predicted octanol–water partition coefficient (Wildman–Crippen LogP) is -0.0134. The lowest BCUT2D eigenvalue weighted by Gasteiger charge is -2.16. The molecule has 5 atom stereocenters. The molecule has 1 saturated heterocycles. The molecule has 0 saturated carbocycles. The maximum atomic E-state index is 12.0. The molecule has 0 radical (unpaired) electrons. The van der Waals surface area contributed by atoms with Crippen LogP contribution in [0.3, 0.4) is 0 Å². The van der Waals surface area contributed by atoms with Gasteiger partial charge in [-0.2, -0.15) is 0 Å². The minimum Gasteiger partial charge on any atom is -0.442 e. The highest BCUT2D eigenvalue weighted by Gasteiger charge is 2.44. The van der Waals surface area contributed by atoms with E-state index < -0.39 is 37.2 Å². The van der Waals surface area contributed by atoms with Crippen LogP contribution in [0.15, 0.2) is 18.5 Å². The van der Waals surface area contributed by atoms with Gasteiger partial charge in [0.2, 0.25) is 5.82 Å². The van der Waals surface area contributed by atoms with Crippen LogP contribution < -0.4 is 11.1 Å². The SMILES string of the molecule is Nc1nc(C#CCNC(=O)OC2/C=C/CCCCC2)nc2c1ncn2[C@@H]1O[C@H](CO)C(O)[C@@H]1O. The largest absolute Gasteiger partial charge is 0.442 e. The molecule has 0 spiro atoms. The summed E-state index contributed by atoms with van der Waals surface area (Å²) in [5, 5.41) is 32.2. The third-order valence-electron chi connectivity index (χ3n) is 5.73. The smallest absolute Gasteiger partial charge is 0.408 e. The van der Waals surface area contributed by atoms with E-state index in [1.54, 1.807) is 0 Å². The van der Waals surface area contributed by atoms with Crippen LogP contribution in [0.2, 0.25) is 0 Å². The first-order valence-electron chi connectivity index (χ1n) is 11.2. The Bertz CT molecular complexity index is 1110. The van der Waals surface area contributed by atoms with Gasteiger partial charge in [-0.3, -0.25) is 4.57 Å². The molecule has 3 heterocycles. The molecule has 1 aliphatic heterocycles. The number of hydrogen-bond donors (Lipinski definition) is 5. The van der Waals surface area contributed by atoms with Crippen molar-refractivity contribution >= 4 is 23.1 Å². The number of carbonyl (C=O) groups is 1. The first-order chi connectivity index (χ1) is 16.5. The second-order valence-electron chi connectivity index (χ2n) is 8.15. The number of alkyl carbamates (subject to hydrolysis) is 1. The van der Waals surface area contributed by atoms with Crippen molar-refractivity contribution in [3.8, 4) is 11.8 Å². The molecule has 1 aliphatic carbocycles. The number of ether oxygens (including phenoxy) is 2. The summed E-state index contributed by atoms with van der Waals surface area (Å²) in [6.45, 7) is -0.438. The molecule has 2 aliphatic rings. The molecule has 12 heteroatoms. The summed E-state index contributed by atoms with van der Waals surface area (Å²) >= 11 is 0. The number of rotatable bonds is 4. The Kier molecular flexibility index (Phi) is 7.59. The molecule has 6 N–H and O–H groups in total. The van der Waals surface area contributed by atoms with Gasteiger partial charge in [-0.1, -0.05) is 18.4 Å². The zero-order valence-corrected chi connectivity index (χ0v) is 18.5. The number of anilines is 1. The van der Waals surface area contributed by atoms with E-state index in [1.165, 1.54) is 10.9 Å². The molecule has 34 heavy (non-hydrogen) atoms. The van der Waals surface area contributed by atoms with Crippen LogP contribution in [0, 0.1) is 11.8 Å². The first-order valence-corrected chi connectivity index (χ1v) is 11.2. The van der Waals surface area contributed by atoms with Crippen molar-refractivity contribution in [3.05, 3.63) is 24.3 Å². The van der Waals surface area contributed by atoms with E-state index >= 15 is 0 Å². The van der Waals surface area contributed by atoms with Crippen molar-refractivity contribution in [1.29, 1.82) is 0 Å². The fourth-order valence-electron chi connectivity index (χ4n) is 3.94. The van der Waals surface area contributed by atoms with E-state index in [0.29, 0.717) is 0 Å². The molecule has 0 bridgehead atoms. The van der Waals surface area contributed by atoms with Gasteiger partial charge in [-0.15, -0.1) is 0 Å². The minimum absolute atomic E-state index is 0.0185. The van der Waals surface area contributed by atoms with Crippen molar-refractivity contribution in [2.24, 2.45) is 0 Å². The maximum absolute atomic E-state index is 12.0. The Hall–Kier alpha value is -3.24. The number of aromatic nitrogens is 4. The van der Waals surface area contributed by atoms with Crippen molar-refractivity contribution in [3.63, 3.8) is 0 Å². The zero-order valence-electron chi connectivity index (χ0n) is 18.5. The summed E-state index contributed by atoms with van der Waals surface area (Å²) in [5.74, 6) is 5.64. The number of nitrogens with two attached hydrogens (primary N) is 1. The molecule has 0 aromatic carbocycles. The number of aliphatic hydroxyl groups is 3. The maximum Gasteiger partial charge on any atom is 0.408 e. The van der Waals surface area contributed by atoms with Gasteiger partial charge >= 0.3 is 6.09 Å². The van der Waals surface area contributed by atoms with Crippen molar-refractivity contribution in [2.75, 3.05) is 18.9 Å². The first kappa shape index (κ1) is 23.9. The molecule has 2 unspecified atom stereocenters. The van der Waals surface area contributed by atoms with Gasteiger partial charge in [0.1, 0.15) is 29.9 Å². The number of nitrogen functional groups attached to an aromatic ring is 1. The van der Waals surface area contributed by atoms with Crippen LogP contribution in [0.1, 0.15) is 44.2 Å². The molecule has 12 nitrogen and oxygen atoms in total. The molecule has 4 rings (SSSR count). The highest BCUT2D eigenvalue weighted by Crippen LogP contribution is 2.31. The summed E-state index contributed by atoms with van der Waals surface area (Å²) < 4.78 is 12.4.